The third kappa shape index (κ3) is 10.5. The highest BCUT2D eigenvalue weighted by molar-refractivity contribution is 5.94. The van der Waals surface area contributed by atoms with Crippen molar-refractivity contribution in [3.8, 4) is 5.75 Å². The van der Waals surface area contributed by atoms with Gasteiger partial charge in [0.25, 0.3) is 5.91 Å². The lowest BCUT2D eigenvalue weighted by molar-refractivity contribution is -0.274. The largest absolute Gasteiger partial charge is 0.573 e. The van der Waals surface area contributed by atoms with Gasteiger partial charge >= 0.3 is 18.4 Å². The summed E-state index contributed by atoms with van der Waals surface area (Å²) in [6, 6.07) is 17.9. The normalized spacial score (nSPS) is 11.8. The number of carbonyl (C=O) groups is 3. The van der Waals surface area contributed by atoms with Crippen molar-refractivity contribution < 1.29 is 37.4 Å². The molecule has 3 amide bonds. The first-order chi connectivity index (χ1) is 19.5. The number of aryl methyl sites for hydroxylation is 1. The van der Waals surface area contributed by atoms with Crippen LogP contribution in [0.15, 0.2) is 72.8 Å². The molecule has 0 saturated carbocycles. The van der Waals surface area contributed by atoms with E-state index in [4.69, 9.17) is 5.11 Å². The number of benzene rings is 3. The van der Waals surface area contributed by atoms with Gasteiger partial charge in [0.2, 0.25) is 0 Å². The minimum absolute atomic E-state index is 0.0419. The maximum atomic E-state index is 13.0. The number of para-hydroxylation sites is 1. The number of urea groups is 1. The van der Waals surface area contributed by atoms with Crippen molar-refractivity contribution in [3.05, 3.63) is 95.1 Å². The van der Waals surface area contributed by atoms with Crippen molar-refractivity contribution in [1.82, 2.24) is 10.6 Å². The lowest BCUT2D eigenvalue weighted by Gasteiger charge is -2.22. The number of aliphatic carboxylic acids is 1. The number of nitrogens with one attached hydrogen (secondary N) is 3. The second-order valence-corrected chi connectivity index (χ2v) is 9.33. The molecular weight excluding hydrogens is 539 g/mol. The minimum Gasteiger partial charge on any atom is -0.481 e. The Balaban J connectivity index is 1.80. The number of hydrogen-bond acceptors (Lipinski definition) is 4. The van der Waals surface area contributed by atoms with Crippen LogP contribution >= 0.6 is 0 Å². The molecule has 8 nitrogen and oxygen atoms in total. The fourth-order valence-electron chi connectivity index (χ4n) is 4.08. The summed E-state index contributed by atoms with van der Waals surface area (Å²) in [5.41, 5.74) is 2.69. The van der Waals surface area contributed by atoms with Gasteiger partial charge in [-0.2, -0.15) is 0 Å². The van der Waals surface area contributed by atoms with Gasteiger partial charge in [-0.05, 0) is 59.9 Å². The maximum Gasteiger partial charge on any atom is 0.573 e. The van der Waals surface area contributed by atoms with E-state index in [0.717, 1.165) is 24.8 Å². The van der Waals surface area contributed by atoms with E-state index >= 15 is 0 Å². The molecule has 3 aromatic rings. The van der Waals surface area contributed by atoms with Gasteiger partial charge in [-0.3, -0.25) is 9.59 Å². The number of rotatable bonds is 13. The Morgan fingerprint density at radius 1 is 0.951 bits per heavy atom. The van der Waals surface area contributed by atoms with Crippen LogP contribution in [-0.2, 0) is 17.6 Å². The smallest absolute Gasteiger partial charge is 0.481 e. The van der Waals surface area contributed by atoms with Crippen LogP contribution in [0.3, 0.4) is 0 Å². The SMILES string of the molecule is CCCCc1ccc(NC(=O)NC(Cc2ccccc2OC(F)(F)F)c2ccc(C(=O)NCCC(=O)O)cc2)cc1. The molecule has 0 aliphatic rings. The summed E-state index contributed by atoms with van der Waals surface area (Å²) in [6.07, 6.45) is -2.12. The molecule has 41 heavy (non-hydrogen) atoms. The first kappa shape index (κ1) is 31.0. The summed E-state index contributed by atoms with van der Waals surface area (Å²) < 4.78 is 43.2. The molecule has 1 atom stereocenters. The predicted octanol–water partition coefficient (Wildman–Crippen LogP) is 6.24. The van der Waals surface area contributed by atoms with Crippen LogP contribution in [0.4, 0.5) is 23.7 Å². The molecule has 0 heterocycles. The Morgan fingerprint density at radius 3 is 2.27 bits per heavy atom. The van der Waals surface area contributed by atoms with Gasteiger partial charge in [-0.25, -0.2) is 4.79 Å². The fourth-order valence-corrected chi connectivity index (χ4v) is 4.08. The molecule has 1 unspecified atom stereocenters. The van der Waals surface area contributed by atoms with Crippen LogP contribution in [0.25, 0.3) is 0 Å². The molecule has 0 aliphatic carbocycles. The Hall–Kier alpha value is -4.54. The van der Waals surface area contributed by atoms with Crippen molar-refractivity contribution in [1.29, 1.82) is 0 Å². The zero-order valence-corrected chi connectivity index (χ0v) is 22.5. The number of halogens is 3. The van der Waals surface area contributed by atoms with Crippen LogP contribution in [0.5, 0.6) is 5.75 Å². The summed E-state index contributed by atoms with van der Waals surface area (Å²) in [6.45, 7) is 2.06. The van der Waals surface area contributed by atoms with E-state index in [0.29, 0.717) is 11.3 Å². The third-order valence-corrected chi connectivity index (χ3v) is 6.16. The number of carboxylic acid groups (broad SMARTS) is 1. The molecule has 0 fully saturated rings. The molecule has 0 bridgehead atoms. The molecule has 11 heteroatoms. The highest BCUT2D eigenvalue weighted by Gasteiger charge is 2.32. The molecule has 0 radical (unpaired) electrons. The fraction of sp³-hybridized carbons (Fsp3) is 0.300. The first-order valence-electron chi connectivity index (χ1n) is 13.1. The molecule has 0 aliphatic heterocycles. The molecular formula is C30H32F3N3O5. The number of carboxylic acids is 1. The molecule has 0 saturated heterocycles. The van der Waals surface area contributed by atoms with Gasteiger partial charge in [-0.15, -0.1) is 13.2 Å². The third-order valence-electron chi connectivity index (χ3n) is 6.16. The number of alkyl halides is 3. The number of unbranched alkanes of at least 4 members (excludes halogenated alkanes) is 1. The van der Waals surface area contributed by atoms with Crippen LogP contribution in [0.2, 0.25) is 0 Å². The van der Waals surface area contributed by atoms with Crippen LogP contribution in [0, 0.1) is 0 Å². The Morgan fingerprint density at radius 2 is 1.63 bits per heavy atom. The summed E-state index contributed by atoms with van der Waals surface area (Å²) in [5.74, 6) is -1.91. The Labute approximate surface area is 235 Å². The van der Waals surface area contributed by atoms with E-state index in [2.05, 4.69) is 27.6 Å². The minimum atomic E-state index is -4.89. The van der Waals surface area contributed by atoms with Crippen LogP contribution in [-0.4, -0.2) is 35.9 Å². The van der Waals surface area contributed by atoms with E-state index in [1.807, 2.05) is 12.1 Å². The number of hydrogen-bond donors (Lipinski definition) is 4. The van der Waals surface area contributed by atoms with Gasteiger partial charge < -0.3 is 25.8 Å². The van der Waals surface area contributed by atoms with Crippen molar-refractivity contribution in [2.75, 3.05) is 11.9 Å². The summed E-state index contributed by atoms with van der Waals surface area (Å²) in [7, 11) is 0. The molecule has 0 aromatic heterocycles. The van der Waals surface area contributed by atoms with Crippen molar-refractivity contribution in [2.45, 2.75) is 51.4 Å². The Kier molecular flexibility index (Phi) is 11.1. The number of carbonyl (C=O) groups excluding carboxylic acids is 2. The lowest BCUT2D eigenvalue weighted by Crippen LogP contribution is -2.34. The maximum absolute atomic E-state index is 13.0. The van der Waals surface area contributed by atoms with Gasteiger partial charge in [-0.1, -0.05) is 55.8 Å². The van der Waals surface area contributed by atoms with E-state index in [-0.39, 0.29) is 36.3 Å². The second-order valence-electron chi connectivity index (χ2n) is 9.33. The van der Waals surface area contributed by atoms with Gasteiger partial charge in [0.05, 0.1) is 12.5 Å². The average molecular weight is 572 g/mol. The zero-order chi connectivity index (χ0) is 29.8. The first-order valence-corrected chi connectivity index (χ1v) is 13.1. The quantitative estimate of drug-likeness (QED) is 0.194. The van der Waals surface area contributed by atoms with E-state index in [1.54, 1.807) is 30.3 Å². The van der Waals surface area contributed by atoms with Crippen LogP contribution in [0.1, 0.15) is 59.3 Å². The highest BCUT2D eigenvalue weighted by Crippen LogP contribution is 2.30. The molecule has 3 aromatic carbocycles. The van der Waals surface area contributed by atoms with Gasteiger partial charge in [0.1, 0.15) is 5.75 Å². The molecule has 3 rings (SSSR count). The summed E-state index contributed by atoms with van der Waals surface area (Å²) in [5, 5.41) is 16.8. The van der Waals surface area contributed by atoms with E-state index in [9.17, 15) is 27.6 Å². The van der Waals surface area contributed by atoms with Crippen LogP contribution < -0.4 is 20.7 Å². The standard InChI is InChI=1S/C30H32F3N3O5/c1-2-3-6-20-9-15-24(16-10-20)35-29(40)36-25(19-23-7-4-5-8-26(23)41-30(31,32)33)21-11-13-22(14-12-21)28(39)34-18-17-27(37)38/h4-5,7-16,25H,2-3,6,17-19H2,1H3,(H,34,39)(H,37,38)(H2,35,36,40). The van der Waals surface area contributed by atoms with Gasteiger partial charge in [0.15, 0.2) is 0 Å². The number of anilines is 1. The van der Waals surface area contributed by atoms with E-state index < -0.39 is 30.3 Å². The molecule has 0 spiro atoms. The highest BCUT2D eigenvalue weighted by atomic mass is 19.4. The zero-order valence-electron chi connectivity index (χ0n) is 22.5. The number of ether oxygens (including phenoxy) is 1. The average Bonchev–Trinajstić information content (AvgIpc) is 2.92. The van der Waals surface area contributed by atoms with E-state index in [1.165, 1.54) is 30.3 Å². The molecule has 4 N–H and O–H groups in total. The Bertz CT molecular complexity index is 1310. The van der Waals surface area contributed by atoms with Crippen molar-refractivity contribution in [2.24, 2.45) is 0 Å². The monoisotopic (exact) mass is 571 g/mol. The second kappa shape index (κ2) is 14.7. The predicted molar refractivity (Wildman–Crippen MR) is 148 cm³/mol. The lowest BCUT2D eigenvalue weighted by atomic mass is 9.97. The topological polar surface area (TPSA) is 117 Å². The summed E-state index contributed by atoms with van der Waals surface area (Å²) >= 11 is 0. The van der Waals surface area contributed by atoms with Crippen molar-refractivity contribution in [3.63, 3.8) is 0 Å². The van der Waals surface area contributed by atoms with Gasteiger partial charge in [0, 0.05) is 24.2 Å². The number of amides is 3. The summed E-state index contributed by atoms with van der Waals surface area (Å²) in [4.78, 5) is 36.0. The van der Waals surface area contributed by atoms with Crippen molar-refractivity contribution >= 4 is 23.6 Å². The molecule has 218 valence electrons.